The lowest BCUT2D eigenvalue weighted by atomic mass is 9.96. The van der Waals surface area contributed by atoms with E-state index in [4.69, 9.17) is 4.74 Å². The Kier molecular flexibility index (Phi) is 9.48. The van der Waals surface area contributed by atoms with Crippen LogP contribution in [0.1, 0.15) is 42.4 Å². The van der Waals surface area contributed by atoms with Gasteiger partial charge in [0.05, 0.1) is 12.5 Å². The van der Waals surface area contributed by atoms with Crippen LogP contribution in [0.25, 0.3) is 0 Å². The van der Waals surface area contributed by atoms with E-state index >= 15 is 0 Å². The number of esters is 1. The summed E-state index contributed by atoms with van der Waals surface area (Å²) in [6.07, 6.45) is 3.57. The molecule has 0 spiro atoms. The van der Waals surface area contributed by atoms with Gasteiger partial charge in [-0.2, -0.15) is 0 Å². The Labute approximate surface area is 196 Å². The number of benzene rings is 2. The number of ether oxygens (including phenoxy) is 1. The molecule has 1 N–H and O–H groups in total. The maximum Gasteiger partial charge on any atom is 0.309 e. The Morgan fingerprint density at radius 1 is 0.909 bits per heavy atom. The van der Waals surface area contributed by atoms with E-state index in [0.717, 1.165) is 17.5 Å². The van der Waals surface area contributed by atoms with Gasteiger partial charge in [0.1, 0.15) is 6.61 Å². The van der Waals surface area contributed by atoms with Crippen LogP contribution in [-0.4, -0.2) is 48.9 Å². The molecule has 0 aromatic heterocycles. The van der Waals surface area contributed by atoms with Crippen LogP contribution in [-0.2, 0) is 32.0 Å². The van der Waals surface area contributed by atoms with Crippen LogP contribution in [0.5, 0.6) is 0 Å². The highest BCUT2D eigenvalue weighted by Gasteiger charge is 2.28. The summed E-state index contributed by atoms with van der Waals surface area (Å²) in [6.45, 7) is 3.70. The predicted molar refractivity (Wildman–Crippen MR) is 128 cm³/mol. The fraction of sp³-hybridized carbons (Fsp3) is 0.444. The van der Waals surface area contributed by atoms with Crippen LogP contribution >= 0.6 is 0 Å². The minimum atomic E-state index is -0.236. The standard InChI is InChI=1S/C27H34N2O4/c1-21-7-9-23(10-8-21)11-13-25(30)28-17-20-33-27(32)24-15-18-29(19-16-24)26(31)14-12-22-5-3-2-4-6-22/h2-10,24H,11-20H2,1H3,(H,28,30). The van der Waals surface area contributed by atoms with Crippen molar-refractivity contribution < 1.29 is 19.1 Å². The summed E-state index contributed by atoms with van der Waals surface area (Å²) in [4.78, 5) is 38.6. The lowest BCUT2D eigenvalue weighted by Crippen LogP contribution is -2.41. The van der Waals surface area contributed by atoms with Crippen LogP contribution < -0.4 is 5.32 Å². The molecule has 2 aromatic carbocycles. The summed E-state index contributed by atoms with van der Waals surface area (Å²) in [5.41, 5.74) is 3.49. The van der Waals surface area contributed by atoms with Crippen molar-refractivity contribution in [2.24, 2.45) is 5.92 Å². The average Bonchev–Trinajstić information content (AvgIpc) is 2.85. The third-order valence-electron chi connectivity index (χ3n) is 6.08. The Hall–Kier alpha value is -3.15. The normalized spacial score (nSPS) is 14.0. The minimum Gasteiger partial charge on any atom is -0.464 e. The average molecular weight is 451 g/mol. The van der Waals surface area contributed by atoms with E-state index in [9.17, 15) is 14.4 Å². The van der Waals surface area contributed by atoms with Crippen molar-refractivity contribution in [1.29, 1.82) is 0 Å². The van der Waals surface area contributed by atoms with Gasteiger partial charge >= 0.3 is 5.97 Å². The summed E-state index contributed by atoms with van der Waals surface area (Å²) >= 11 is 0. The highest BCUT2D eigenvalue weighted by Crippen LogP contribution is 2.19. The van der Waals surface area contributed by atoms with Gasteiger partial charge in [0, 0.05) is 25.9 Å². The number of rotatable bonds is 10. The molecule has 6 heteroatoms. The molecule has 6 nitrogen and oxygen atoms in total. The van der Waals surface area contributed by atoms with Gasteiger partial charge in [-0.25, -0.2) is 0 Å². The summed E-state index contributed by atoms with van der Waals surface area (Å²) in [5, 5.41) is 2.80. The molecule has 1 fully saturated rings. The van der Waals surface area contributed by atoms with Crippen LogP contribution in [0, 0.1) is 12.8 Å². The fourth-order valence-corrected chi connectivity index (χ4v) is 3.98. The number of carbonyl (C=O) groups excluding carboxylic acids is 3. The second kappa shape index (κ2) is 12.8. The van der Waals surface area contributed by atoms with E-state index in [1.807, 2.05) is 66.4 Å². The molecule has 1 saturated heterocycles. The van der Waals surface area contributed by atoms with Crippen molar-refractivity contribution in [2.45, 2.75) is 45.4 Å². The fourth-order valence-electron chi connectivity index (χ4n) is 3.98. The van der Waals surface area contributed by atoms with Gasteiger partial charge in [0.25, 0.3) is 0 Å². The van der Waals surface area contributed by atoms with Gasteiger partial charge in [-0.15, -0.1) is 0 Å². The summed E-state index contributed by atoms with van der Waals surface area (Å²) in [5.74, 6) is -0.325. The number of likely N-dealkylation sites (tertiary alicyclic amines) is 1. The van der Waals surface area contributed by atoms with Crippen molar-refractivity contribution in [3.63, 3.8) is 0 Å². The van der Waals surface area contributed by atoms with Gasteiger partial charge < -0.3 is 15.0 Å². The highest BCUT2D eigenvalue weighted by molar-refractivity contribution is 5.78. The first-order valence-corrected chi connectivity index (χ1v) is 11.8. The quantitative estimate of drug-likeness (QED) is 0.444. The molecule has 1 aliphatic heterocycles. The van der Waals surface area contributed by atoms with Crippen molar-refractivity contribution in [3.8, 4) is 0 Å². The summed E-state index contributed by atoms with van der Waals surface area (Å²) in [7, 11) is 0. The van der Waals surface area contributed by atoms with Crippen LogP contribution in [0.3, 0.4) is 0 Å². The first-order chi connectivity index (χ1) is 16.0. The van der Waals surface area contributed by atoms with Crippen LogP contribution in [0.4, 0.5) is 0 Å². The van der Waals surface area contributed by atoms with Crippen molar-refractivity contribution >= 4 is 17.8 Å². The molecule has 3 rings (SSSR count). The highest BCUT2D eigenvalue weighted by atomic mass is 16.5. The first kappa shape index (κ1) is 24.5. The number of aryl methyl sites for hydroxylation is 3. The van der Waals surface area contributed by atoms with E-state index in [-0.39, 0.29) is 30.3 Å². The summed E-state index contributed by atoms with van der Waals surface area (Å²) in [6, 6.07) is 18.1. The molecule has 176 valence electrons. The monoisotopic (exact) mass is 450 g/mol. The molecule has 0 atom stereocenters. The number of hydrogen-bond acceptors (Lipinski definition) is 4. The molecule has 1 heterocycles. The lowest BCUT2D eigenvalue weighted by molar-refractivity contribution is -0.151. The topological polar surface area (TPSA) is 75.7 Å². The predicted octanol–water partition coefficient (Wildman–Crippen LogP) is 3.46. The molecule has 0 bridgehead atoms. The van der Waals surface area contributed by atoms with Gasteiger partial charge in [-0.1, -0.05) is 60.2 Å². The smallest absolute Gasteiger partial charge is 0.309 e. The Balaban J connectivity index is 1.25. The van der Waals surface area contributed by atoms with Crippen LogP contribution in [0.15, 0.2) is 54.6 Å². The number of carbonyl (C=O) groups is 3. The van der Waals surface area contributed by atoms with E-state index in [1.54, 1.807) is 0 Å². The number of nitrogens with zero attached hydrogens (tertiary/aromatic N) is 1. The van der Waals surface area contributed by atoms with E-state index < -0.39 is 0 Å². The van der Waals surface area contributed by atoms with Crippen molar-refractivity contribution in [1.82, 2.24) is 10.2 Å². The van der Waals surface area contributed by atoms with Crippen molar-refractivity contribution in [2.75, 3.05) is 26.2 Å². The summed E-state index contributed by atoms with van der Waals surface area (Å²) < 4.78 is 5.35. The zero-order chi connectivity index (χ0) is 23.5. The molecule has 0 saturated carbocycles. The van der Waals surface area contributed by atoms with E-state index in [0.29, 0.717) is 51.7 Å². The van der Waals surface area contributed by atoms with Crippen LogP contribution in [0.2, 0.25) is 0 Å². The Morgan fingerprint density at radius 3 is 2.24 bits per heavy atom. The molecular formula is C27H34N2O4. The zero-order valence-corrected chi connectivity index (χ0v) is 19.4. The molecule has 0 unspecified atom stereocenters. The number of hydrogen-bond donors (Lipinski definition) is 1. The minimum absolute atomic E-state index is 0.0473. The first-order valence-electron chi connectivity index (χ1n) is 11.8. The Bertz CT molecular complexity index is 903. The lowest BCUT2D eigenvalue weighted by Gasteiger charge is -2.31. The molecule has 2 aromatic rings. The number of nitrogens with one attached hydrogen (secondary N) is 1. The third kappa shape index (κ3) is 8.37. The number of amides is 2. The maximum absolute atomic E-state index is 12.5. The molecule has 33 heavy (non-hydrogen) atoms. The zero-order valence-electron chi connectivity index (χ0n) is 19.4. The molecule has 0 radical (unpaired) electrons. The molecule has 0 aliphatic carbocycles. The number of piperidine rings is 1. The van der Waals surface area contributed by atoms with Gasteiger partial charge in [-0.3, -0.25) is 14.4 Å². The van der Waals surface area contributed by atoms with Crippen molar-refractivity contribution in [3.05, 3.63) is 71.3 Å². The van der Waals surface area contributed by atoms with Gasteiger partial charge in [0.15, 0.2) is 0 Å². The van der Waals surface area contributed by atoms with E-state index in [1.165, 1.54) is 5.56 Å². The van der Waals surface area contributed by atoms with E-state index in [2.05, 4.69) is 5.32 Å². The molecule has 2 amide bonds. The third-order valence-corrected chi connectivity index (χ3v) is 6.08. The second-order valence-electron chi connectivity index (χ2n) is 8.64. The maximum atomic E-state index is 12.5. The van der Waals surface area contributed by atoms with Gasteiger partial charge in [-0.05, 0) is 43.7 Å². The molecular weight excluding hydrogens is 416 g/mol. The largest absolute Gasteiger partial charge is 0.464 e. The van der Waals surface area contributed by atoms with Gasteiger partial charge in [0.2, 0.25) is 11.8 Å². The second-order valence-corrected chi connectivity index (χ2v) is 8.64. The molecule has 1 aliphatic rings. The SMILES string of the molecule is Cc1ccc(CCC(=O)NCCOC(=O)C2CCN(C(=O)CCc3ccccc3)CC2)cc1. The Morgan fingerprint density at radius 2 is 1.55 bits per heavy atom.